The van der Waals surface area contributed by atoms with Gasteiger partial charge in [0.05, 0.1) is 22.5 Å². The van der Waals surface area contributed by atoms with E-state index in [1.807, 2.05) is 62.8 Å². The lowest BCUT2D eigenvalue weighted by molar-refractivity contribution is -0.141. The fraction of sp³-hybridized carbons (Fsp3) is 0.500. The van der Waals surface area contributed by atoms with Crippen LogP contribution in [0.4, 0.5) is 14.5 Å². The molecule has 13 nitrogen and oxygen atoms in total. The molecular formula is C46H57F2N7O6S2. The monoisotopic (exact) mass is 905 g/mol. The Morgan fingerprint density at radius 3 is 2.33 bits per heavy atom. The minimum absolute atomic E-state index is 0.0132. The van der Waals surface area contributed by atoms with E-state index in [9.17, 15) is 26.8 Å². The van der Waals surface area contributed by atoms with E-state index in [0.717, 1.165) is 21.8 Å². The Morgan fingerprint density at radius 1 is 1.05 bits per heavy atom. The van der Waals surface area contributed by atoms with Gasteiger partial charge in [0.1, 0.15) is 34.3 Å². The molecule has 3 N–H and O–H groups in total. The maximum Gasteiger partial charge on any atom is 0.297 e. The number of nitrogens with zero attached hydrogens (tertiary/aromatic N) is 4. The second-order valence-electron chi connectivity index (χ2n) is 19.0. The molecule has 2 saturated carbocycles. The fourth-order valence-electron chi connectivity index (χ4n) is 8.08. The number of rotatable bonds is 16. The number of imidazole rings is 1. The normalized spacial score (nSPS) is 22.5. The van der Waals surface area contributed by atoms with Crippen molar-refractivity contribution in [3.05, 3.63) is 84.4 Å². The van der Waals surface area contributed by atoms with E-state index in [4.69, 9.17) is 14.7 Å². The maximum atomic E-state index is 15.0. The molecule has 3 heterocycles. The smallest absolute Gasteiger partial charge is 0.297 e. The lowest BCUT2D eigenvalue weighted by atomic mass is 9.85. The van der Waals surface area contributed by atoms with E-state index in [0.29, 0.717) is 24.4 Å². The summed E-state index contributed by atoms with van der Waals surface area (Å²) in [6.45, 7) is 22.2. The molecule has 3 aliphatic rings. The average molecular weight is 906 g/mol. The molecule has 1 saturated heterocycles. The second-order valence-corrected chi connectivity index (χ2v) is 22.0. The Labute approximate surface area is 371 Å². The number of halogens is 2. The Kier molecular flexibility index (Phi) is 12.0. The number of carbonyl (C=O) groups excluding carboxylic acids is 3. The van der Waals surface area contributed by atoms with Crippen LogP contribution in [-0.4, -0.2) is 80.6 Å². The number of fused-ring (bicyclic) bond motifs is 1. The van der Waals surface area contributed by atoms with Gasteiger partial charge in [-0.25, -0.2) is 13.4 Å². The van der Waals surface area contributed by atoms with Gasteiger partial charge in [0.2, 0.25) is 21.8 Å². The summed E-state index contributed by atoms with van der Waals surface area (Å²) in [6.07, 6.45) is 2.17. The standard InChI is InChI=1S/C46H57F2N7O6S2/c1-11-28-23-45(28,41(58)53-63(59,60)44(10)19-20-44)52-38(56)35-22-31(24-54(35)40(57)37(43(7,8)9)49-30-16-13-15-29(21-30)46(47,48)12-2)61-42-51-36-32(39-50-33(25-62-39)26(3)4)17-14-18-34(36)55(42)27(5)6/h11-18,21,25-28,31,35,37,49H,1-2,19-20,22-24H2,3-10H3,(H,52,56)(H,53,58)/t28-,31-,35+,37-,45-/m1/s1. The number of aromatic nitrogens is 3. The van der Waals surface area contributed by atoms with Gasteiger partial charge in [0.15, 0.2) is 0 Å². The number of carbonyl (C=O) groups is 3. The average Bonchev–Trinajstić information content (AvgIpc) is 3.90. The first-order chi connectivity index (χ1) is 29.4. The van der Waals surface area contributed by atoms with Crippen molar-refractivity contribution in [2.24, 2.45) is 11.3 Å². The highest BCUT2D eigenvalue weighted by Gasteiger charge is 2.63. The van der Waals surface area contributed by atoms with Crippen LogP contribution in [0, 0.1) is 11.3 Å². The summed E-state index contributed by atoms with van der Waals surface area (Å²) in [5.74, 6) is -5.72. The SMILES string of the molecule is C=C[C@@H]1C[C@]1(NC(=O)[C@@H]1C[C@@H](Oc2nc3c(-c4nc(C(C)C)cs4)cccc3n2C(C)C)CN1C(=O)[C@@H](Nc1cccc(C(F)(F)C=C)c1)C(C)(C)C)C(=O)NS(=O)(=O)C1(C)CC1. The first kappa shape index (κ1) is 45.9. The highest BCUT2D eigenvalue weighted by molar-refractivity contribution is 7.91. The predicted molar refractivity (Wildman–Crippen MR) is 241 cm³/mol. The number of amides is 3. The number of alkyl halides is 2. The zero-order valence-corrected chi connectivity index (χ0v) is 38.6. The van der Waals surface area contributed by atoms with Crippen molar-refractivity contribution >= 4 is 55.8 Å². The number of hydrogen-bond donors (Lipinski definition) is 3. The molecule has 338 valence electrons. The van der Waals surface area contributed by atoms with Crippen molar-refractivity contribution < 1.29 is 36.3 Å². The summed E-state index contributed by atoms with van der Waals surface area (Å²) in [5.41, 5.74) is 0.809. The van der Waals surface area contributed by atoms with E-state index in [1.165, 1.54) is 40.5 Å². The summed E-state index contributed by atoms with van der Waals surface area (Å²) < 4.78 is 65.6. The van der Waals surface area contributed by atoms with Crippen LogP contribution in [0.25, 0.3) is 21.6 Å². The highest BCUT2D eigenvalue weighted by atomic mass is 32.2. The van der Waals surface area contributed by atoms with E-state index in [-0.39, 0.29) is 48.6 Å². The lowest BCUT2D eigenvalue weighted by Crippen LogP contribution is -2.59. The molecule has 1 aliphatic heterocycles. The number of anilines is 1. The van der Waals surface area contributed by atoms with Crippen molar-refractivity contribution in [3.8, 4) is 16.6 Å². The van der Waals surface area contributed by atoms with Crippen LogP contribution in [0.15, 0.2) is 73.2 Å². The molecular weight excluding hydrogens is 849 g/mol. The molecule has 0 bridgehead atoms. The minimum atomic E-state index is -4.04. The quantitative estimate of drug-likeness (QED) is 0.0944. The molecule has 0 unspecified atom stereocenters. The summed E-state index contributed by atoms with van der Waals surface area (Å²) in [5, 5.41) is 8.87. The molecule has 3 fully saturated rings. The van der Waals surface area contributed by atoms with Crippen molar-refractivity contribution in [1.29, 1.82) is 0 Å². The van der Waals surface area contributed by atoms with Gasteiger partial charge in [-0.1, -0.05) is 65.5 Å². The number of thiazole rings is 1. The van der Waals surface area contributed by atoms with Crippen molar-refractivity contribution in [3.63, 3.8) is 0 Å². The van der Waals surface area contributed by atoms with Crippen LogP contribution in [0.2, 0.25) is 0 Å². The molecule has 0 radical (unpaired) electrons. The molecule has 0 spiro atoms. The number of nitrogens with one attached hydrogen (secondary N) is 3. The number of hydrogen-bond acceptors (Lipinski definition) is 10. The van der Waals surface area contributed by atoms with E-state index in [2.05, 4.69) is 42.4 Å². The van der Waals surface area contributed by atoms with Gasteiger partial charge >= 0.3 is 0 Å². The third-order valence-corrected chi connectivity index (χ3v) is 15.5. The largest absolute Gasteiger partial charge is 0.459 e. The molecule has 2 aromatic carbocycles. The second kappa shape index (κ2) is 16.4. The molecule has 5 atom stereocenters. The summed E-state index contributed by atoms with van der Waals surface area (Å²) in [7, 11) is -4.04. The number of para-hydroxylation sites is 1. The summed E-state index contributed by atoms with van der Waals surface area (Å²) >= 11 is 1.53. The van der Waals surface area contributed by atoms with Crippen LogP contribution in [0.3, 0.4) is 0 Å². The van der Waals surface area contributed by atoms with Crippen LogP contribution in [-0.2, 0) is 30.3 Å². The number of likely N-dealkylation sites (tertiary alicyclic amines) is 1. The van der Waals surface area contributed by atoms with Crippen LogP contribution in [0.5, 0.6) is 6.01 Å². The van der Waals surface area contributed by atoms with E-state index < -0.39 is 73.5 Å². The molecule has 2 aromatic heterocycles. The number of benzene rings is 2. The first-order valence-corrected chi connectivity index (χ1v) is 23.6. The molecule has 63 heavy (non-hydrogen) atoms. The topological polar surface area (TPSA) is 165 Å². The zero-order valence-electron chi connectivity index (χ0n) is 37.0. The fourth-order valence-corrected chi connectivity index (χ4v) is 10.4. The molecule has 3 amide bonds. The number of sulfonamides is 1. The molecule has 7 rings (SSSR count). The van der Waals surface area contributed by atoms with Crippen molar-refractivity contribution in [1.82, 2.24) is 29.5 Å². The molecule has 4 aromatic rings. The Morgan fingerprint density at radius 2 is 1.75 bits per heavy atom. The molecule has 17 heteroatoms. The zero-order chi connectivity index (χ0) is 46.0. The Hall–Kier alpha value is -5.16. The van der Waals surface area contributed by atoms with Gasteiger partial charge in [0.25, 0.3) is 17.8 Å². The van der Waals surface area contributed by atoms with E-state index in [1.54, 1.807) is 13.0 Å². The summed E-state index contributed by atoms with van der Waals surface area (Å²) in [6, 6.07) is 9.36. The maximum absolute atomic E-state index is 15.0. The van der Waals surface area contributed by atoms with Gasteiger partial charge < -0.3 is 20.3 Å². The minimum Gasteiger partial charge on any atom is -0.459 e. The van der Waals surface area contributed by atoms with Crippen LogP contribution >= 0.6 is 11.3 Å². The lowest BCUT2D eigenvalue weighted by Gasteiger charge is -2.36. The number of ether oxygens (including phenoxy) is 1. The predicted octanol–water partition coefficient (Wildman–Crippen LogP) is 8.08. The number of allylic oxidation sites excluding steroid dienone is 1. The van der Waals surface area contributed by atoms with Gasteiger partial charge in [-0.15, -0.1) is 17.9 Å². The van der Waals surface area contributed by atoms with Gasteiger partial charge in [-0.2, -0.15) is 13.8 Å². The van der Waals surface area contributed by atoms with Crippen LogP contribution in [0.1, 0.15) is 104 Å². The van der Waals surface area contributed by atoms with Crippen molar-refractivity contribution in [2.45, 2.75) is 127 Å². The Bertz CT molecular complexity index is 2580. The van der Waals surface area contributed by atoms with Gasteiger partial charge in [-0.05, 0) is 81.7 Å². The summed E-state index contributed by atoms with van der Waals surface area (Å²) in [4.78, 5) is 54.8. The third kappa shape index (κ3) is 8.74. The third-order valence-electron chi connectivity index (χ3n) is 12.5. The van der Waals surface area contributed by atoms with E-state index >= 15 is 4.79 Å². The van der Waals surface area contributed by atoms with Gasteiger partial charge in [0, 0.05) is 40.6 Å². The van der Waals surface area contributed by atoms with Crippen molar-refractivity contribution in [2.75, 3.05) is 11.9 Å². The van der Waals surface area contributed by atoms with Crippen LogP contribution < -0.4 is 20.1 Å². The molecule has 2 aliphatic carbocycles. The first-order valence-electron chi connectivity index (χ1n) is 21.3. The highest BCUT2D eigenvalue weighted by Crippen LogP contribution is 2.47. The Balaban J connectivity index is 1.24. The van der Waals surface area contributed by atoms with Gasteiger partial charge in [-0.3, -0.25) is 23.7 Å².